The second-order valence-electron chi connectivity index (χ2n) is 1.95. The Morgan fingerprint density at radius 3 is 2.75 bits per heavy atom. The molecule has 3 heteroatoms. The quantitative estimate of drug-likeness (QED) is 0.497. The van der Waals surface area contributed by atoms with Crippen LogP contribution >= 0.6 is 12.6 Å². The minimum Gasteiger partial charge on any atom is -0.394 e. The van der Waals surface area contributed by atoms with Gasteiger partial charge in [-0.2, -0.15) is 12.6 Å². The molecule has 1 aliphatic rings. The molecule has 0 radical (unpaired) electrons. The van der Waals surface area contributed by atoms with E-state index in [0.717, 1.165) is 13.0 Å². The molecule has 0 saturated carbocycles. The van der Waals surface area contributed by atoms with E-state index < -0.39 is 0 Å². The molecule has 0 amide bonds. The van der Waals surface area contributed by atoms with E-state index in [2.05, 4.69) is 12.6 Å². The van der Waals surface area contributed by atoms with E-state index in [-0.39, 0.29) is 18.0 Å². The van der Waals surface area contributed by atoms with Crippen molar-refractivity contribution in [2.24, 2.45) is 0 Å². The summed E-state index contributed by atoms with van der Waals surface area (Å²) in [5, 5.41) is 8.81. The number of rotatable bonds is 1. The van der Waals surface area contributed by atoms with Gasteiger partial charge in [0.1, 0.15) is 0 Å². The third kappa shape index (κ3) is 1.16. The van der Waals surface area contributed by atoms with Gasteiger partial charge in [0.2, 0.25) is 0 Å². The Balaban J connectivity index is 2.30. The number of ether oxygens (including phenoxy) is 1. The maximum atomic E-state index is 8.56. The minimum atomic E-state index is -0.0154. The van der Waals surface area contributed by atoms with Gasteiger partial charge in [0, 0.05) is 11.9 Å². The normalized spacial score (nSPS) is 38.2. The lowest BCUT2D eigenvalue weighted by Gasteiger charge is -2.08. The first-order valence-electron chi connectivity index (χ1n) is 2.75. The highest BCUT2D eigenvalue weighted by atomic mass is 32.1. The molecule has 0 unspecified atom stereocenters. The summed E-state index contributed by atoms with van der Waals surface area (Å²) < 4.78 is 5.09. The molecule has 1 rings (SSSR count). The zero-order chi connectivity index (χ0) is 5.98. The van der Waals surface area contributed by atoms with Crippen molar-refractivity contribution in [2.75, 3.05) is 13.2 Å². The van der Waals surface area contributed by atoms with Gasteiger partial charge in [-0.1, -0.05) is 0 Å². The lowest BCUT2D eigenvalue weighted by atomic mass is 10.2. The third-order valence-electron chi connectivity index (χ3n) is 1.35. The Hall–Kier alpha value is 0.270. The van der Waals surface area contributed by atoms with Crippen molar-refractivity contribution in [3.8, 4) is 0 Å². The van der Waals surface area contributed by atoms with Crippen LogP contribution in [0.15, 0.2) is 0 Å². The second-order valence-corrected chi connectivity index (χ2v) is 2.61. The van der Waals surface area contributed by atoms with Gasteiger partial charge in [-0.25, -0.2) is 0 Å². The topological polar surface area (TPSA) is 29.5 Å². The summed E-state index contributed by atoms with van der Waals surface area (Å²) in [4.78, 5) is 0. The fourth-order valence-electron chi connectivity index (χ4n) is 0.812. The summed E-state index contributed by atoms with van der Waals surface area (Å²) in [7, 11) is 0. The van der Waals surface area contributed by atoms with E-state index in [1.807, 2.05) is 0 Å². The molecule has 2 nitrogen and oxygen atoms in total. The van der Waals surface area contributed by atoms with Crippen LogP contribution in [0.2, 0.25) is 0 Å². The zero-order valence-corrected chi connectivity index (χ0v) is 5.47. The van der Waals surface area contributed by atoms with Crippen molar-refractivity contribution in [2.45, 2.75) is 17.8 Å². The maximum Gasteiger partial charge on any atom is 0.0922 e. The lowest BCUT2D eigenvalue weighted by Crippen LogP contribution is -2.19. The Labute approximate surface area is 54.3 Å². The molecule has 0 aromatic rings. The van der Waals surface area contributed by atoms with Gasteiger partial charge in [0.15, 0.2) is 0 Å². The SMILES string of the molecule is OC[C@H]1OCC[C@H]1S. The van der Waals surface area contributed by atoms with Crippen LogP contribution in [0.3, 0.4) is 0 Å². The van der Waals surface area contributed by atoms with E-state index in [9.17, 15) is 0 Å². The van der Waals surface area contributed by atoms with Crippen molar-refractivity contribution < 1.29 is 9.84 Å². The van der Waals surface area contributed by atoms with Crippen LogP contribution in [0.25, 0.3) is 0 Å². The summed E-state index contributed by atoms with van der Waals surface area (Å²) in [6.07, 6.45) is 0.951. The van der Waals surface area contributed by atoms with E-state index in [4.69, 9.17) is 9.84 Å². The fraction of sp³-hybridized carbons (Fsp3) is 1.00. The molecule has 0 spiro atoms. The maximum absolute atomic E-state index is 8.56. The van der Waals surface area contributed by atoms with Crippen molar-refractivity contribution >= 4 is 12.6 Å². The molecule has 8 heavy (non-hydrogen) atoms. The number of hydrogen-bond acceptors (Lipinski definition) is 3. The molecule has 2 atom stereocenters. The first kappa shape index (κ1) is 6.39. The van der Waals surface area contributed by atoms with Crippen LogP contribution < -0.4 is 0 Å². The Morgan fingerprint density at radius 1 is 1.75 bits per heavy atom. The molecule has 1 fully saturated rings. The first-order chi connectivity index (χ1) is 3.84. The van der Waals surface area contributed by atoms with E-state index in [0.29, 0.717) is 0 Å². The molecule has 1 saturated heterocycles. The van der Waals surface area contributed by atoms with Crippen molar-refractivity contribution in [1.82, 2.24) is 0 Å². The molecule has 1 aliphatic heterocycles. The number of aliphatic hydroxyl groups excluding tert-OH is 1. The van der Waals surface area contributed by atoms with Gasteiger partial charge >= 0.3 is 0 Å². The monoisotopic (exact) mass is 134 g/mol. The molecular weight excluding hydrogens is 124 g/mol. The summed E-state index contributed by atoms with van der Waals surface area (Å²) >= 11 is 4.18. The van der Waals surface area contributed by atoms with Crippen LogP contribution in [0, 0.1) is 0 Å². The van der Waals surface area contributed by atoms with Crippen molar-refractivity contribution in [3.63, 3.8) is 0 Å². The van der Waals surface area contributed by atoms with Crippen LogP contribution in [0.4, 0.5) is 0 Å². The van der Waals surface area contributed by atoms with Crippen LogP contribution in [0.1, 0.15) is 6.42 Å². The highest BCUT2D eigenvalue weighted by Gasteiger charge is 2.23. The molecule has 0 aromatic heterocycles. The molecule has 48 valence electrons. The van der Waals surface area contributed by atoms with Gasteiger partial charge in [-0.05, 0) is 6.42 Å². The van der Waals surface area contributed by atoms with E-state index in [1.165, 1.54) is 0 Å². The minimum absolute atomic E-state index is 0.0154. The molecule has 0 aromatic carbocycles. The van der Waals surface area contributed by atoms with Crippen molar-refractivity contribution in [3.05, 3.63) is 0 Å². The van der Waals surface area contributed by atoms with Gasteiger partial charge in [-0.15, -0.1) is 0 Å². The number of aliphatic hydroxyl groups is 1. The largest absolute Gasteiger partial charge is 0.394 e. The van der Waals surface area contributed by atoms with Crippen LogP contribution in [-0.4, -0.2) is 29.7 Å². The standard InChI is InChI=1S/C5H10O2S/c6-3-4-5(8)1-2-7-4/h4-6,8H,1-3H2/t4-,5-/m1/s1. The summed E-state index contributed by atoms with van der Waals surface area (Å²) in [5.74, 6) is 0. The first-order valence-corrected chi connectivity index (χ1v) is 3.27. The predicted octanol–water partition coefficient (Wildman–Crippen LogP) is 0.0660. The average Bonchev–Trinajstić information content (AvgIpc) is 2.14. The zero-order valence-electron chi connectivity index (χ0n) is 4.58. The Morgan fingerprint density at radius 2 is 2.50 bits per heavy atom. The number of thiol groups is 1. The van der Waals surface area contributed by atoms with Gasteiger partial charge in [0.25, 0.3) is 0 Å². The lowest BCUT2D eigenvalue weighted by molar-refractivity contribution is 0.0613. The second kappa shape index (κ2) is 2.71. The molecular formula is C5H10O2S. The molecule has 1 N–H and O–H groups in total. The predicted molar refractivity (Wildman–Crippen MR) is 34.2 cm³/mol. The molecule has 1 heterocycles. The fourth-order valence-corrected chi connectivity index (χ4v) is 1.10. The molecule has 0 bridgehead atoms. The highest BCUT2D eigenvalue weighted by Crippen LogP contribution is 2.17. The molecule has 0 aliphatic carbocycles. The van der Waals surface area contributed by atoms with Gasteiger partial charge in [0.05, 0.1) is 12.7 Å². The Kier molecular flexibility index (Phi) is 2.16. The van der Waals surface area contributed by atoms with Gasteiger partial charge < -0.3 is 9.84 Å². The average molecular weight is 134 g/mol. The van der Waals surface area contributed by atoms with E-state index >= 15 is 0 Å². The number of hydrogen-bond donors (Lipinski definition) is 2. The smallest absolute Gasteiger partial charge is 0.0922 e. The summed E-state index contributed by atoms with van der Waals surface area (Å²) in [6, 6.07) is 0. The van der Waals surface area contributed by atoms with Crippen molar-refractivity contribution in [1.29, 1.82) is 0 Å². The van der Waals surface area contributed by atoms with Crippen LogP contribution in [0.5, 0.6) is 0 Å². The summed E-state index contributed by atoms with van der Waals surface area (Å²) in [5.41, 5.74) is 0. The summed E-state index contributed by atoms with van der Waals surface area (Å²) in [6.45, 7) is 0.855. The van der Waals surface area contributed by atoms with E-state index in [1.54, 1.807) is 0 Å². The van der Waals surface area contributed by atoms with Crippen LogP contribution in [-0.2, 0) is 4.74 Å². The third-order valence-corrected chi connectivity index (χ3v) is 1.95. The Bertz CT molecular complexity index is 76.8. The van der Waals surface area contributed by atoms with Gasteiger partial charge in [-0.3, -0.25) is 0 Å². The highest BCUT2D eigenvalue weighted by molar-refractivity contribution is 7.81.